The molecule has 4 saturated carbocycles. The van der Waals surface area contributed by atoms with E-state index in [4.69, 9.17) is 0 Å². The first-order chi connectivity index (χ1) is 7.20. The predicted octanol–water partition coefficient (Wildman–Crippen LogP) is 1.59. The molecule has 1 heterocycles. The Morgan fingerprint density at radius 2 is 1.87 bits per heavy atom. The summed E-state index contributed by atoms with van der Waals surface area (Å²) in [5.74, 6) is 3.61. The number of nitrogens with one attached hydrogen (secondary N) is 1. The summed E-state index contributed by atoms with van der Waals surface area (Å²) in [5, 5.41) is 14.3. The Morgan fingerprint density at radius 1 is 1.13 bits per heavy atom. The van der Waals surface area contributed by atoms with Crippen LogP contribution in [-0.2, 0) is 0 Å². The third-order valence-corrected chi connectivity index (χ3v) is 6.91. The second kappa shape index (κ2) is 2.74. The Kier molecular flexibility index (Phi) is 1.70. The van der Waals surface area contributed by atoms with Crippen molar-refractivity contribution in [2.24, 2.45) is 17.8 Å². The Bertz CT molecular complexity index is 282. The van der Waals surface area contributed by atoms with Gasteiger partial charge in [0.25, 0.3) is 0 Å². The van der Waals surface area contributed by atoms with Crippen LogP contribution in [0.3, 0.4) is 0 Å². The van der Waals surface area contributed by atoms with Crippen LogP contribution in [0.4, 0.5) is 0 Å². The van der Waals surface area contributed by atoms with Gasteiger partial charge in [-0.3, -0.25) is 0 Å². The third kappa shape index (κ3) is 1.10. The summed E-state index contributed by atoms with van der Waals surface area (Å²) >= 11 is 2.16. The molecule has 4 bridgehead atoms. The van der Waals surface area contributed by atoms with Crippen molar-refractivity contribution >= 4 is 11.8 Å². The molecule has 5 fully saturated rings. The number of hydrogen-bond acceptors (Lipinski definition) is 3. The molecule has 5 aliphatic rings. The standard InChI is InChI=1S/C12H19NOS/c14-11-5-8-3-9(6-11)12(10(4-8)7-11)13-1-2-15-12/h8-10,13-14H,1-7H2/t8?,9-,10+,11?,12?. The lowest BCUT2D eigenvalue weighted by molar-refractivity contribution is -0.145. The molecule has 3 heteroatoms. The van der Waals surface area contributed by atoms with Crippen LogP contribution in [-0.4, -0.2) is 27.9 Å². The van der Waals surface area contributed by atoms with Crippen LogP contribution in [0, 0.1) is 17.8 Å². The Hall–Kier alpha value is 0.270. The largest absolute Gasteiger partial charge is 0.390 e. The summed E-state index contributed by atoms with van der Waals surface area (Å²) in [7, 11) is 0. The molecule has 5 rings (SSSR count). The monoisotopic (exact) mass is 225 g/mol. The molecule has 1 spiro atoms. The molecule has 1 saturated heterocycles. The summed E-state index contributed by atoms with van der Waals surface area (Å²) in [6.45, 7) is 1.18. The smallest absolute Gasteiger partial charge is 0.0705 e. The van der Waals surface area contributed by atoms with Gasteiger partial charge in [-0.2, -0.15) is 0 Å². The molecule has 15 heavy (non-hydrogen) atoms. The highest BCUT2D eigenvalue weighted by Crippen LogP contribution is 2.63. The van der Waals surface area contributed by atoms with Crippen molar-refractivity contribution in [3.05, 3.63) is 0 Å². The predicted molar refractivity (Wildman–Crippen MR) is 61.7 cm³/mol. The van der Waals surface area contributed by atoms with Gasteiger partial charge < -0.3 is 10.4 Å². The summed E-state index contributed by atoms with van der Waals surface area (Å²) in [6, 6.07) is 0. The minimum absolute atomic E-state index is 0.271. The fourth-order valence-electron chi connectivity index (χ4n) is 4.97. The van der Waals surface area contributed by atoms with E-state index in [1.807, 2.05) is 0 Å². The van der Waals surface area contributed by atoms with Crippen LogP contribution >= 0.6 is 11.8 Å². The number of hydrogen-bond donors (Lipinski definition) is 2. The summed E-state index contributed by atoms with van der Waals surface area (Å²) in [5.41, 5.74) is -0.271. The van der Waals surface area contributed by atoms with Gasteiger partial charge in [-0.05, 0) is 49.9 Å². The number of aliphatic hydroxyl groups is 1. The van der Waals surface area contributed by atoms with Crippen molar-refractivity contribution in [2.75, 3.05) is 12.3 Å². The molecule has 5 atom stereocenters. The van der Waals surface area contributed by atoms with Crippen LogP contribution < -0.4 is 5.32 Å². The zero-order chi connectivity index (χ0) is 10.1. The van der Waals surface area contributed by atoms with Crippen molar-refractivity contribution < 1.29 is 5.11 Å². The van der Waals surface area contributed by atoms with Gasteiger partial charge in [0, 0.05) is 12.3 Å². The van der Waals surface area contributed by atoms with E-state index in [-0.39, 0.29) is 5.60 Å². The van der Waals surface area contributed by atoms with Gasteiger partial charge in [0.15, 0.2) is 0 Å². The molecule has 0 aromatic carbocycles. The minimum Gasteiger partial charge on any atom is -0.390 e. The van der Waals surface area contributed by atoms with Crippen molar-refractivity contribution in [1.29, 1.82) is 0 Å². The molecule has 2 nitrogen and oxygen atoms in total. The van der Waals surface area contributed by atoms with Gasteiger partial charge in [0.1, 0.15) is 0 Å². The van der Waals surface area contributed by atoms with Crippen LogP contribution in [0.15, 0.2) is 0 Å². The lowest BCUT2D eigenvalue weighted by atomic mass is 9.52. The maximum absolute atomic E-state index is 10.5. The first-order valence-electron chi connectivity index (χ1n) is 6.32. The molecule has 0 radical (unpaired) electrons. The third-order valence-electron chi connectivity index (χ3n) is 5.21. The van der Waals surface area contributed by atoms with E-state index in [1.165, 1.54) is 25.1 Å². The van der Waals surface area contributed by atoms with Crippen LogP contribution in [0.2, 0.25) is 0 Å². The highest BCUT2D eigenvalue weighted by molar-refractivity contribution is 8.00. The number of rotatable bonds is 0. The zero-order valence-corrected chi connectivity index (χ0v) is 9.85. The van der Waals surface area contributed by atoms with Crippen molar-refractivity contribution in [1.82, 2.24) is 5.32 Å². The van der Waals surface area contributed by atoms with Gasteiger partial charge in [0.05, 0.1) is 10.5 Å². The SMILES string of the molecule is OC12CC3C[C@H](C1)C1(NCCS1)[C@@H](C3)C2. The molecule has 4 aliphatic carbocycles. The van der Waals surface area contributed by atoms with Crippen molar-refractivity contribution in [2.45, 2.75) is 42.6 Å². The molecule has 2 N–H and O–H groups in total. The first kappa shape index (κ1) is 9.32. The summed E-state index contributed by atoms with van der Waals surface area (Å²) < 4.78 is 0. The topological polar surface area (TPSA) is 32.3 Å². The van der Waals surface area contributed by atoms with Gasteiger partial charge in [-0.1, -0.05) is 0 Å². The van der Waals surface area contributed by atoms with E-state index in [9.17, 15) is 5.11 Å². The lowest BCUT2D eigenvalue weighted by Gasteiger charge is -2.62. The van der Waals surface area contributed by atoms with Gasteiger partial charge >= 0.3 is 0 Å². The molecule has 84 valence electrons. The number of thioether (sulfide) groups is 1. The summed E-state index contributed by atoms with van der Waals surface area (Å²) in [4.78, 5) is 0.378. The highest BCUT2D eigenvalue weighted by atomic mass is 32.2. The molecular formula is C12H19NOS. The second-order valence-electron chi connectivity index (χ2n) is 6.14. The quantitative estimate of drug-likeness (QED) is 0.656. The van der Waals surface area contributed by atoms with Gasteiger partial charge in [-0.15, -0.1) is 11.8 Å². The van der Waals surface area contributed by atoms with Crippen molar-refractivity contribution in [3.8, 4) is 0 Å². The normalized spacial score (nSPS) is 61.8. The van der Waals surface area contributed by atoms with E-state index >= 15 is 0 Å². The molecule has 3 unspecified atom stereocenters. The van der Waals surface area contributed by atoms with E-state index < -0.39 is 0 Å². The van der Waals surface area contributed by atoms with Crippen LogP contribution in [0.25, 0.3) is 0 Å². The Morgan fingerprint density at radius 3 is 2.40 bits per heavy atom. The first-order valence-corrected chi connectivity index (χ1v) is 7.30. The Balaban J connectivity index is 1.75. The second-order valence-corrected chi connectivity index (χ2v) is 7.51. The molecule has 0 aromatic heterocycles. The maximum Gasteiger partial charge on any atom is 0.0705 e. The van der Waals surface area contributed by atoms with E-state index in [0.29, 0.717) is 4.87 Å². The average molecular weight is 225 g/mol. The molecule has 0 amide bonds. The Labute approximate surface area is 95.2 Å². The maximum atomic E-state index is 10.5. The molecule has 0 aromatic rings. The lowest BCUT2D eigenvalue weighted by Crippen LogP contribution is -2.65. The van der Waals surface area contributed by atoms with Gasteiger partial charge in [0.2, 0.25) is 0 Å². The fourth-order valence-corrected chi connectivity index (χ4v) is 6.54. The van der Waals surface area contributed by atoms with Crippen molar-refractivity contribution in [3.63, 3.8) is 0 Å². The van der Waals surface area contributed by atoms with Crippen LogP contribution in [0.1, 0.15) is 32.1 Å². The average Bonchev–Trinajstić information content (AvgIpc) is 2.61. The van der Waals surface area contributed by atoms with E-state index in [1.54, 1.807) is 0 Å². The van der Waals surface area contributed by atoms with E-state index in [0.717, 1.165) is 37.0 Å². The summed E-state index contributed by atoms with van der Waals surface area (Å²) in [6.07, 6.45) is 5.98. The molecular weight excluding hydrogens is 206 g/mol. The van der Waals surface area contributed by atoms with Crippen LogP contribution in [0.5, 0.6) is 0 Å². The zero-order valence-electron chi connectivity index (χ0n) is 9.04. The minimum atomic E-state index is -0.271. The van der Waals surface area contributed by atoms with Gasteiger partial charge in [-0.25, -0.2) is 0 Å². The fraction of sp³-hybridized carbons (Fsp3) is 1.00. The highest BCUT2D eigenvalue weighted by Gasteiger charge is 2.62. The van der Waals surface area contributed by atoms with E-state index in [2.05, 4.69) is 17.1 Å². The molecule has 1 aliphatic heterocycles.